The number of carbonyl (C=O) groups excluding carboxylic acids is 1. The highest BCUT2D eigenvalue weighted by Crippen LogP contribution is 2.18. The first-order valence-electron chi connectivity index (χ1n) is 9.12. The summed E-state index contributed by atoms with van der Waals surface area (Å²) in [7, 11) is 2.23. The zero-order valence-electron chi connectivity index (χ0n) is 14.8. The molecule has 0 unspecified atom stereocenters. The molecule has 0 aliphatic carbocycles. The van der Waals surface area contributed by atoms with E-state index in [0.717, 1.165) is 25.6 Å². The molecule has 2 aliphatic rings. The molecule has 1 aromatic rings. The number of nitrogens with zero attached hydrogens (tertiary/aromatic N) is 3. The van der Waals surface area contributed by atoms with Crippen molar-refractivity contribution >= 4 is 5.91 Å². The quantitative estimate of drug-likeness (QED) is 0.883. The van der Waals surface area contributed by atoms with Crippen LogP contribution in [0.3, 0.4) is 0 Å². The normalized spacial score (nSPS) is 21.9. The van der Waals surface area contributed by atoms with Crippen molar-refractivity contribution in [2.75, 3.05) is 52.9 Å². The fourth-order valence-electron chi connectivity index (χ4n) is 3.77. The average Bonchev–Trinajstić information content (AvgIpc) is 2.59. The minimum absolute atomic E-state index is 0.357. The maximum atomic E-state index is 11.1. The highest BCUT2D eigenvalue weighted by atomic mass is 16.1. The lowest BCUT2D eigenvalue weighted by Crippen LogP contribution is -2.48. The number of hydrogen-bond acceptors (Lipinski definition) is 4. The van der Waals surface area contributed by atoms with Crippen LogP contribution in [-0.2, 0) is 6.54 Å². The SMILES string of the molecule is CN1CCC(CN2CCN(Cc3ccc(C(N)=O)cc3)CC2)CC1. The predicted octanol–water partition coefficient (Wildman–Crippen LogP) is 1.24. The number of hydrogen-bond donors (Lipinski definition) is 1. The molecule has 1 aromatic carbocycles. The van der Waals surface area contributed by atoms with Crippen molar-refractivity contribution in [3.63, 3.8) is 0 Å². The molecule has 3 rings (SSSR count). The number of rotatable bonds is 5. The zero-order chi connectivity index (χ0) is 16.9. The molecule has 2 N–H and O–H groups in total. The molecule has 132 valence electrons. The summed E-state index contributed by atoms with van der Waals surface area (Å²) in [6.07, 6.45) is 2.70. The van der Waals surface area contributed by atoms with Gasteiger partial charge in [0.1, 0.15) is 0 Å². The second-order valence-electron chi connectivity index (χ2n) is 7.38. The Morgan fingerprint density at radius 2 is 1.58 bits per heavy atom. The number of likely N-dealkylation sites (tertiary alicyclic amines) is 1. The number of benzene rings is 1. The highest BCUT2D eigenvalue weighted by molar-refractivity contribution is 5.92. The van der Waals surface area contributed by atoms with Crippen LogP contribution >= 0.6 is 0 Å². The third kappa shape index (κ3) is 4.79. The van der Waals surface area contributed by atoms with Gasteiger partial charge in [-0.3, -0.25) is 9.69 Å². The van der Waals surface area contributed by atoms with Gasteiger partial charge in [-0.05, 0) is 56.6 Å². The van der Waals surface area contributed by atoms with Gasteiger partial charge in [-0.15, -0.1) is 0 Å². The van der Waals surface area contributed by atoms with Crippen LogP contribution in [0.1, 0.15) is 28.8 Å². The lowest BCUT2D eigenvalue weighted by molar-refractivity contribution is 0.0963. The molecule has 0 radical (unpaired) electrons. The van der Waals surface area contributed by atoms with Crippen molar-refractivity contribution < 1.29 is 4.79 Å². The topological polar surface area (TPSA) is 52.8 Å². The molecule has 0 bridgehead atoms. The van der Waals surface area contributed by atoms with Crippen molar-refractivity contribution in [3.05, 3.63) is 35.4 Å². The van der Waals surface area contributed by atoms with Crippen LogP contribution in [0.5, 0.6) is 0 Å². The Morgan fingerprint density at radius 3 is 2.17 bits per heavy atom. The molecule has 2 heterocycles. The molecule has 2 fully saturated rings. The Labute approximate surface area is 145 Å². The first-order valence-corrected chi connectivity index (χ1v) is 9.12. The summed E-state index contributed by atoms with van der Waals surface area (Å²) in [6, 6.07) is 7.69. The van der Waals surface area contributed by atoms with E-state index in [1.165, 1.54) is 51.1 Å². The van der Waals surface area contributed by atoms with Gasteiger partial charge in [0.2, 0.25) is 5.91 Å². The van der Waals surface area contributed by atoms with E-state index >= 15 is 0 Å². The number of carbonyl (C=O) groups is 1. The monoisotopic (exact) mass is 330 g/mol. The maximum Gasteiger partial charge on any atom is 0.248 e. The van der Waals surface area contributed by atoms with E-state index in [1.54, 1.807) is 0 Å². The Morgan fingerprint density at radius 1 is 1.00 bits per heavy atom. The molecular formula is C19H30N4O. The molecule has 1 amide bonds. The molecule has 24 heavy (non-hydrogen) atoms. The molecule has 0 spiro atoms. The number of piperidine rings is 1. The van der Waals surface area contributed by atoms with Gasteiger partial charge in [0.15, 0.2) is 0 Å². The minimum atomic E-state index is -0.357. The van der Waals surface area contributed by atoms with Crippen molar-refractivity contribution in [1.82, 2.24) is 14.7 Å². The largest absolute Gasteiger partial charge is 0.366 e. The van der Waals surface area contributed by atoms with Gasteiger partial charge in [-0.2, -0.15) is 0 Å². The van der Waals surface area contributed by atoms with Crippen LogP contribution in [0.15, 0.2) is 24.3 Å². The van der Waals surface area contributed by atoms with Gasteiger partial charge in [-0.25, -0.2) is 0 Å². The molecule has 2 saturated heterocycles. The van der Waals surface area contributed by atoms with Gasteiger partial charge < -0.3 is 15.5 Å². The molecule has 0 saturated carbocycles. The molecule has 0 atom stereocenters. The van der Waals surface area contributed by atoms with Crippen LogP contribution in [0, 0.1) is 5.92 Å². The zero-order valence-corrected chi connectivity index (χ0v) is 14.8. The van der Waals surface area contributed by atoms with Crippen molar-refractivity contribution in [2.45, 2.75) is 19.4 Å². The number of primary amides is 1. The molecular weight excluding hydrogens is 300 g/mol. The molecule has 5 heteroatoms. The summed E-state index contributed by atoms with van der Waals surface area (Å²) in [4.78, 5) is 18.7. The smallest absolute Gasteiger partial charge is 0.248 e. The van der Waals surface area contributed by atoms with Crippen molar-refractivity contribution in [3.8, 4) is 0 Å². The maximum absolute atomic E-state index is 11.1. The summed E-state index contributed by atoms with van der Waals surface area (Å²) < 4.78 is 0. The second-order valence-corrected chi connectivity index (χ2v) is 7.38. The van der Waals surface area contributed by atoms with E-state index in [-0.39, 0.29) is 5.91 Å². The van der Waals surface area contributed by atoms with Gasteiger partial charge in [0.05, 0.1) is 0 Å². The average molecular weight is 330 g/mol. The minimum Gasteiger partial charge on any atom is -0.366 e. The summed E-state index contributed by atoms with van der Waals surface area (Å²) in [6.45, 7) is 9.35. The van der Waals surface area contributed by atoms with Crippen LogP contribution in [0.25, 0.3) is 0 Å². The van der Waals surface area contributed by atoms with Gasteiger partial charge in [0.25, 0.3) is 0 Å². The van der Waals surface area contributed by atoms with Gasteiger partial charge in [-0.1, -0.05) is 12.1 Å². The first-order chi connectivity index (χ1) is 11.6. The summed E-state index contributed by atoms with van der Waals surface area (Å²) >= 11 is 0. The van der Waals surface area contributed by atoms with E-state index in [9.17, 15) is 4.79 Å². The molecule has 0 aromatic heterocycles. The van der Waals surface area contributed by atoms with Crippen LogP contribution < -0.4 is 5.73 Å². The van der Waals surface area contributed by atoms with E-state index in [0.29, 0.717) is 5.56 Å². The van der Waals surface area contributed by atoms with Crippen molar-refractivity contribution in [1.29, 1.82) is 0 Å². The Hall–Kier alpha value is -1.43. The molecule has 5 nitrogen and oxygen atoms in total. The fraction of sp³-hybridized carbons (Fsp3) is 0.632. The number of nitrogens with two attached hydrogens (primary N) is 1. The third-order valence-corrected chi connectivity index (χ3v) is 5.46. The second kappa shape index (κ2) is 8.10. The Balaban J connectivity index is 1.41. The van der Waals surface area contributed by atoms with Crippen LogP contribution in [0.2, 0.25) is 0 Å². The van der Waals surface area contributed by atoms with Gasteiger partial charge in [0, 0.05) is 44.8 Å². The predicted molar refractivity (Wildman–Crippen MR) is 96.9 cm³/mol. The third-order valence-electron chi connectivity index (χ3n) is 5.46. The standard InChI is InChI=1S/C19H30N4O/c1-21-8-6-17(7-9-21)15-23-12-10-22(11-13-23)14-16-2-4-18(5-3-16)19(20)24/h2-5,17H,6-15H2,1H3,(H2,20,24). The first kappa shape index (κ1) is 17.4. The Kier molecular flexibility index (Phi) is 5.87. The lowest BCUT2D eigenvalue weighted by atomic mass is 9.96. The summed E-state index contributed by atoms with van der Waals surface area (Å²) in [5.74, 6) is 0.526. The van der Waals surface area contributed by atoms with E-state index in [2.05, 4.69) is 21.7 Å². The fourth-order valence-corrected chi connectivity index (χ4v) is 3.77. The number of piperazine rings is 1. The lowest BCUT2D eigenvalue weighted by Gasteiger charge is -2.38. The van der Waals surface area contributed by atoms with Crippen LogP contribution in [0.4, 0.5) is 0 Å². The highest BCUT2D eigenvalue weighted by Gasteiger charge is 2.22. The summed E-state index contributed by atoms with van der Waals surface area (Å²) in [5.41, 5.74) is 7.13. The Bertz CT molecular complexity index is 529. The summed E-state index contributed by atoms with van der Waals surface area (Å²) in [5, 5.41) is 0. The van der Waals surface area contributed by atoms with E-state index < -0.39 is 0 Å². The van der Waals surface area contributed by atoms with Crippen LogP contribution in [-0.4, -0.2) is 73.5 Å². The van der Waals surface area contributed by atoms with E-state index in [4.69, 9.17) is 5.73 Å². The molecule has 2 aliphatic heterocycles. The number of amides is 1. The van der Waals surface area contributed by atoms with Gasteiger partial charge >= 0.3 is 0 Å². The van der Waals surface area contributed by atoms with Crippen molar-refractivity contribution in [2.24, 2.45) is 11.7 Å². The van der Waals surface area contributed by atoms with E-state index in [1.807, 2.05) is 24.3 Å².